The summed E-state index contributed by atoms with van der Waals surface area (Å²) in [6, 6.07) is 15.9. The minimum absolute atomic E-state index is 0.796. The Labute approximate surface area is 99.2 Å². The predicted octanol–water partition coefficient (Wildman–Crippen LogP) is 3.14. The van der Waals surface area contributed by atoms with Gasteiger partial charge >= 0.3 is 0 Å². The normalized spacial score (nSPS) is 10.4. The van der Waals surface area contributed by atoms with Gasteiger partial charge in [-0.05, 0) is 12.1 Å². The van der Waals surface area contributed by atoms with Crippen molar-refractivity contribution >= 4 is 0 Å². The number of aromatic nitrogens is 3. The van der Waals surface area contributed by atoms with E-state index in [1.54, 1.807) is 6.20 Å². The lowest BCUT2D eigenvalue weighted by atomic mass is 10.2. The van der Waals surface area contributed by atoms with Gasteiger partial charge in [-0.1, -0.05) is 36.4 Å². The molecule has 0 saturated carbocycles. The number of nitrogens with one attached hydrogen (secondary N) is 1. The smallest absolute Gasteiger partial charge is 0.156 e. The van der Waals surface area contributed by atoms with Gasteiger partial charge in [-0.25, -0.2) is 4.98 Å². The lowest BCUT2D eigenvalue weighted by Gasteiger charge is -1.95. The zero-order valence-electron chi connectivity index (χ0n) is 9.17. The first kappa shape index (κ1) is 9.78. The molecule has 3 nitrogen and oxygen atoms in total. The second-order valence-electron chi connectivity index (χ2n) is 3.72. The second kappa shape index (κ2) is 4.22. The summed E-state index contributed by atoms with van der Waals surface area (Å²) < 4.78 is 0. The van der Waals surface area contributed by atoms with Crippen molar-refractivity contribution in [2.75, 3.05) is 0 Å². The maximum absolute atomic E-state index is 4.53. The molecule has 0 atom stereocenters. The molecule has 0 bridgehead atoms. The van der Waals surface area contributed by atoms with Gasteiger partial charge in [0, 0.05) is 18.0 Å². The summed E-state index contributed by atoms with van der Waals surface area (Å²) >= 11 is 0. The van der Waals surface area contributed by atoms with Crippen LogP contribution < -0.4 is 0 Å². The molecule has 2 aromatic heterocycles. The molecule has 3 rings (SSSR count). The molecule has 82 valence electrons. The van der Waals surface area contributed by atoms with Gasteiger partial charge in [0.25, 0.3) is 0 Å². The molecule has 0 aliphatic carbocycles. The molecule has 0 fully saturated rings. The summed E-state index contributed by atoms with van der Waals surface area (Å²) in [7, 11) is 0. The minimum atomic E-state index is 0.796. The van der Waals surface area contributed by atoms with Crippen LogP contribution in [0, 0.1) is 0 Å². The predicted molar refractivity (Wildman–Crippen MR) is 67.3 cm³/mol. The highest BCUT2D eigenvalue weighted by Gasteiger charge is 2.05. The molecule has 1 aromatic carbocycles. The Hall–Kier alpha value is -2.42. The molecule has 0 saturated heterocycles. The van der Waals surface area contributed by atoms with E-state index in [4.69, 9.17) is 0 Å². The Morgan fingerprint density at radius 3 is 2.41 bits per heavy atom. The van der Waals surface area contributed by atoms with Crippen molar-refractivity contribution in [3.63, 3.8) is 0 Å². The van der Waals surface area contributed by atoms with Crippen LogP contribution in [0.15, 0.2) is 60.9 Å². The van der Waals surface area contributed by atoms with Crippen LogP contribution in [0.25, 0.3) is 22.8 Å². The molecular formula is C14H11N3. The number of H-pyrrole nitrogens is 1. The zero-order valence-corrected chi connectivity index (χ0v) is 9.17. The van der Waals surface area contributed by atoms with Crippen molar-refractivity contribution in [3.05, 3.63) is 60.9 Å². The highest BCUT2D eigenvalue weighted by atomic mass is 14.9. The van der Waals surface area contributed by atoms with E-state index >= 15 is 0 Å². The average Bonchev–Trinajstić information content (AvgIpc) is 2.90. The Morgan fingerprint density at radius 2 is 1.65 bits per heavy atom. The fraction of sp³-hybridized carbons (Fsp3) is 0. The SMILES string of the molecule is c1ccc(-c2c[nH]c(-c3ccccn3)n2)cc1. The number of hydrogen-bond donors (Lipinski definition) is 1. The van der Waals surface area contributed by atoms with Gasteiger partial charge in [0.2, 0.25) is 0 Å². The maximum atomic E-state index is 4.53. The monoisotopic (exact) mass is 221 g/mol. The number of nitrogens with zero attached hydrogens (tertiary/aromatic N) is 2. The molecule has 0 aliphatic heterocycles. The van der Waals surface area contributed by atoms with Crippen LogP contribution in [-0.4, -0.2) is 15.0 Å². The van der Waals surface area contributed by atoms with E-state index < -0.39 is 0 Å². The molecule has 3 heteroatoms. The Balaban J connectivity index is 1.99. The lowest BCUT2D eigenvalue weighted by molar-refractivity contribution is 1.22. The Morgan fingerprint density at radius 1 is 0.824 bits per heavy atom. The summed E-state index contributed by atoms with van der Waals surface area (Å²) in [6.07, 6.45) is 3.67. The summed E-state index contributed by atoms with van der Waals surface area (Å²) in [5.74, 6) is 0.796. The molecule has 3 aromatic rings. The second-order valence-corrected chi connectivity index (χ2v) is 3.72. The van der Waals surface area contributed by atoms with Crippen LogP contribution >= 0.6 is 0 Å². The van der Waals surface area contributed by atoms with Crippen LogP contribution in [0.1, 0.15) is 0 Å². The topological polar surface area (TPSA) is 41.6 Å². The number of hydrogen-bond acceptors (Lipinski definition) is 2. The first-order valence-corrected chi connectivity index (χ1v) is 5.46. The van der Waals surface area contributed by atoms with Crippen molar-refractivity contribution in [1.82, 2.24) is 15.0 Å². The van der Waals surface area contributed by atoms with Crippen LogP contribution in [0.5, 0.6) is 0 Å². The van der Waals surface area contributed by atoms with E-state index in [0.717, 1.165) is 22.8 Å². The van der Waals surface area contributed by atoms with E-state index in [0.29, 0.717) is 0 Å². The van der Waals surface area contributed by atoms with Gasteiger partial charge in [0.1, 0.15) is 5.69 Å². The molecule has 0 amide bonds. The van der Waals surface area contributed by atoms with Crippen molar-refractivity contribution in [1.29, 1.82) is 0 Å². The van der Waals surface area contributed by atoms with Gasteiger partial charge < -0.3 is 4.98 Å². The molecule has 0 spiro atoms. The largest absolute Gasteiger partial charge is 0.343 e. The minimum Gasteiger partial charge on any atom is -0.343 e. The van der Waals surface area contributed by atoms with Crippen molar-refractivity contribution in [2.24, 2.45) is 0 Å². The fourth-order valence-corrected chi connectivity index (χ4v) is 1.71. The fourth-order valence-electron chi connectivity index (χ4n) is 1.71. The highest BCUT2D eigenvalue weighted by Crippen LogP contribution is 2.20. The van der Waals surface area contributed by atoms with Crippen molar-refractivity contribution in [2.45, 2.75) is 0 Å². The first-order chi connectivity index (χ1) is 8.43. The molecular weight excluding hydrogens is 210 g/mol. The number of pyridine rings is 1. The van der Waals surface area contributed by atoms with Crippen LogP contribution in [0.3, 0.4) is 0 Å². The number of rotatable bonds is 2. The molecule has 2 heterocycles. The molecule has 0 radical (unpaired) electrons. The zero-order chi connectivity index (χ0) is 11.5. The number of benzene rings is 1. The Bertz CT molecular complexity index is 546. The van der Waals surface area contributed by atoms with Gasteiger partial charge in [-0.2, -0.15) is 0 Å². The van der Waals surface area contributed by atoms with Gasteiger partial charge in [-0.15, -0.1) is 0 Å². The summed E-state index contributed by atoms with van der Waals surface area (Å²) in [5, 5.41) is 0. The van der Waals surface area contributed by atoms with E-state index in [-0.39, 0.29) is 0 Å². The number of imidazole rings is 1. The van der Waals surface area contributed by atoms with E-state index in [9.17, 15) is 0 Å². The summed E-state index contributed by atoms with van der Waals surface area (Å²) in [6.45, 7) is 0. The Kier molecular flexibility index (Phi) is 2.43. The quantitative estimate of drug-likeness (QED) is 0.722. The van der Waals surface area contributed by atoms with Crippen LogP contribution in [0.4, 0.5) is 0 Å². The standard InChI is InChI=1S/C14H11N3/c1-2-6-11(7-3-1)13-10-16-14(17-13)12-8-4-5-9-15-12/h1-10H,(H,16,17). The van der Waals surface area contributed by atoms with E-state index in [1.807, 2.05) is 54.7 Å². The lowest BCUT2D eigenvalue weighted by Crippen LogP contribution is -1.83. The number of aromatic amines is 1. The third kappa shape index (κ3) is 1.95. The third-order valence-corrected chi connectivity index (χ3v) is 2.55. The first-order valence-electron chi connectivity index (χ1n) is 5.46. The molecule has 1 N–H and O–H groups in total. The maximum Gasteiger partial charge on any atom is 0.156 e. The summed E-state index contributed by atoms with van der Waals surface area (Å²) in [5.41, 5.74) is 2.90. The van der Waals surface area contributed by atoms with Gasteiger partial charge in [0.15, 0.2) is 5.82 Å². The third-order valence-electron chi connectivity index (χ3n) is 2.55. The molecule has 0 aliphatic rings. The van der Waals surface area contributed by atoms with Crippen molar-refractivity contribution < 1.29 is 0 Å². The summed E-state index contributed by atoms with van der Waals surface area (Å²) in [4.78, 5) is 11.9. The van der Waals surface area contributed by atoms with E-state index in [2.05, 4.69) is 15.0 Å². The van der Waals surface area contributed by atoms with Crippen molar-refractivity contribution in [3.8, 4) is 22.8 Å². The van der Waals surface area contributed by atoms with Gasteiger partial charge in [-0.3, -0.25) is 4.98 Å². The van der Waals surface area contributed by atoms with Gasteiger partial charge in [0.05, 0.1) is 5.69 Å². The van der Waals surface area contributed by atoms with Crippen LogP contribution in [0.2, 0.25) is 0 Å². The van der Waals surface area contributed by atoms with E-state index in [1.165, 1.54) is 0 Å². The molecule has 17 heavy (non-hydrogen) atoms. The van der Waals surface area contributed by atoms with Crippen LogP contribution in [-0.2, 0) is 0 Å². The highest BCUT2D eigenvalue weighted by molar-refractivity contribution is 5.62. The molecule has 0 unspecified atom stereocenters. The average molecular weight is 221 g/mol.